The number of hydrogen-bond acceptors (Lipinski definition) is 4. The molecule has 0 saturated heterocycles. The Morgan fingerprint density at radius 1 is 1.19 bits per heavy atom. The van der Waals surface area contributed by atoms with Crippen LogP contribution in [0.1, 0.15) is 37.6 Å². The minimum absolute atomic E-state index is 0.296. The fraction of sp³-hybridized carbons (Fsp3) is 0.389. The Labute approximate surface area is 159 Å². The highest BCUT2D eigenvalue weighted by atomic mass is 32.2. The van der Waals surface area contributed by atoms with Crippen molar-refractivity contribution in [2.75, 3.05) is 5.32 Å². The van der Waals surface area contributed by atoms with E-state index in [1.807, 2.05) is 20.8 Å². The molecule has 27 heavy (non-hydrogen) atoms. The lowest BCUT2D eigenvalue weighted by atomic mass is 10.1. The number of aromatic nitrogens is 2. The molecule has 2 amide bonds. The van der Waals surface area contributed by atoms with Crippen LogP contribution >= 0.6 is 11.8 Å². The molecule has 6 nitrogen and oxygen atoms in total. The van der Waals surface area contributed by atoms with Crippen LogP contribution in [0, 0.1) is 11.6 Å². The first kappa shape index (κ1) is 19.3. The summed E-state index contributed by atoms with van der Waals surface area (Å²) < 4.78 is 29.0. The lowest BCUT2D eigenvalue weighted by Gasteiger charge is -2.23. The molecular weight excluding hydrogens is 374 g/mol. The first-order valence-electron chi connectivity index (χ1n) is 8.39. The molecule has 0 atom stereocenters. The summed E-state index contributed by atoms with van der Waals surface area (Å²) in [6, 6.07) is 3.41. The molecule has 0 fully saturated rings. The van der Waals surface area contributed by atoms with Gasteiger partial charge in [-0.3, -0.25) is 9.59 Å². The summed E-state index contributed by atoms with van der Waals surface area (Å²) in [6.45, 7) is 5.41. The third-order valence-electron chi connectivity index (χ3n) is 4.11. The van der Waals surface area contributed by atoms with Crippen molar-refractivity contribution >= 4 is 29.4 Å². The zero-order valence-corrected chi connectivity index (χ0v) is 16.0. The average Bonchev–Trinajstić information content (AvgIpc) is 3.16. The van der Waals surface area contributed by atoms with Crippen molar-refractivity contribution in [1.82, 2.24) is 15.1 Å². The first-order chi connectivity index (χ1) is 12.7. The van der Waals surface area contributed by atoms with Gasteiger partial charge in [-0.1, -0.05) is 6.07 Å². The number of halogens is 2. The zero-order chi connectivity index (χ0) is 19.8. The number of rotatable bonds is 3. The van der Waals surface area contributed by atoms with Crippen LogP contribution < -0.4 is 10.6 Å². The number of hydrogen-bond donors (Lipinski definition) is 2. The van der Waals surface area contributed by atoms with Gasteiger partial charge in [0.25, 0.3) is 0 Å². The summed E-state index contributed by atoms with van der Waals surface area (Å²) in [7, 11) is 0. The summed E-state index contributed by atoms with van der Waals surface area (Å²) in [5.74, 6) is -1.51. The highest BCUT2D eigenvalue weighted by Crippen LogP contribution is 2.37. The molecule has 2 N–H and O–H groups in total. The van der Waals surface area contributed by atoms with Gasteiger partial charge in [-0.05, 0) is 32.9 Å². The molecule has 3 rings (SSSR count). The van der Waals surface area contributed by atoms with E-state index in [4.69, 9.17) is 0 Å². The number of fused-ring (bicyclic) bond motifs is 1. The Bertz CT molecular complexity index is 885. The van der Waals surface area contributed by atoms with Crippen LogP contribution in [0.4, 0.5) is 14.6 Å². The minimum atomic E-state index is -0.973. The van der Waals surface area contributed by atoms with Gasteiger partial charge in [-0.2, -0.15) is 16.9 Å². The summed E-state index contributed by atoms with van der Waals surface area (Å²) in [5.41, 5.74) is 1.11. The fourth-order valence-electron chi connectivity index (χ4n) is 2.74. The largest absolute Gasteiger partial charge is 0.344 e. The average molecular weight is 394 g/mol. The molecule has 2 aromatic rings. The molecule has 0 unspecified atom stereocenters. The number of nitrogens with one attached hydrogen (secondary N) is 2. The molecule has 144 valence electrons. The van der Waals surface area contributed by atoms with Gasteiger partial charge < -0.3 is 10.6 Å². The second-order valence-corrected chi connectivity index (χ2v) is 8.17. The van der Waals surface area contributed by atoms with E-state index in [2.05, 4.69) is 15.7 Å². The number of thioether (sulfide) groups is 1. The lowest BCUT2D eigenvalue weighted by molar-refractivity contribution is -0.136. The van der Waals surface area contributed by atoms with Crippen molar-refractivity contribution in [1.29, 1.82) is 0 Å². The van der Waals surface area contributed by atoms with Crippen molar-refractivity contribution in [3.63, 3.8) is 0 Å². The minimum Gasteiger partial charge on any atom is -0.344 e. The lowest BCUT2D eigenvalue weighted by Crippen LogP contribution is -2.37. The molecule has 0 saturated carbocycles. The van der Waals surface area contributed by atoms with Gasteiger partial charge in [0.15, 0.2) is 0 Å². The Morgan fingerprint density at radius 3 is 2.48 bits per heavy atom. The normalized spacial score (nSPS) is 13.4. The number of anilines is 1. The Morgan fingerprint density at radius 2 is 1.85 bits per heavy atom. The second-order valence-electron chi connectivity index (χ2n) is 7.19. The Hall–Kier alpha value is -2.42. The van der Waals surface area contributed by atoms with E-state index in [-0.39, 0.29) is 11.1 Å². The molecule has 0 bridgehead atoms. The molecule has 0 spiro atoms. The number of amides is 2. The molecular formula is C18H20F2N4O2S. The van der Waals surface area contributed by atoms with Gasteiger partial charge in [-0.25, -0.2) is 13.5 Å². The predicted molar refractivity (Wildman–Crippen MR) is 99.1 cm³/mol. The van der Waals surface area contributed by atoms with Crippen molar-refractivity contribution in [3.8, 4) is 0 Å². The predicted octanol–water partition coefficient (Wildman–Crippen LogP) is 2.92. The van der Waals surface area contributed by atoms with E-state index in [0.717, 1.165) is 29.1 Å². The molecule has 1 aliphatic heterocycles. The van der Waals surface area contributed by atoms with Crippen LogP contribution in [0.5, 0.6) is 0 Å². The maximum Gasteiger partial charge on any atom is 0.314 e. The molecule has 1 aliphatic rings. The van der Waals surface area contributed by atoms with Crippen molar-refractivity contribution < 1.29 is 18.4 Å². The van der Waals surface area contributed by atoms with Gasteiger partial charge in [0.1, 0.15) is 17.5 Å². The quantitative estimate of drug-likeness (QED) is 0.785. The van der Waals surface area contributed by atoms with Crippen molar-refractivity contribution in [2.45, 2.75) is 44.4 Å². The molecule has 1 aromatic carbocycles. The van der Waals surface area contributed by atoms with Crippen LogP contribution in [0.15, 0.2) is 18.2 Å². The standard InChI is InChI=1S/C18H20F2N4O2S/c1-18(2,3)24-15(11-8-27-9-14(11)23-24)22-17(26)16(25)21-7-10-12(19)5-4-6-13(10)20/h4-6H,7-9H2,1-3H3,(H,21,25)(H,22,26). The van der Waals surface area contributed by atoms with E-state index in [0.29, 0.717) is 11.6 Å². The maximum atomic E-state index is 13.6. The van der Waals surface area contributed by atoms with E-state index in [1.54, 1.807) is 16.4 Å². The summed E-state index contributed by atoms with van der Waals surface area (Å²) in [4.78, 5) is 24.4. The number of nitrogens with zero attached hydrogens (tertiary/aromatic N) is 2. The SMILES string of the molecule is CC(C)(C)n1nc2c(c1NC(=O)C(=O)NCc1c(F)cccc1F)CSC2. The zero-order valence-electron chi connectivity index (χ0n) is 15.2. The fourth-order valence-corrected chi connectivity index (χ4v) is 3.78. The third kappa shape index (κ3) is 3.97. The smallest absolute Gasteiger partial charge is 0.314 e. The van der Waals surface area contributed by atoms with Crippen LogP contribution in [-0.2, 0) is 33.2 Å². The highest BCUT2D eigenvalue weighted by molar-refractivity contribution is 7.98. The topological polar surface area (TPSA) is 76.0 Å². The van der Waals surface area contributed by atoms with Gasteiger partial charge in [0.2, 0.25) is 0 Å². The maximum absolute atomic E-state index is 13.6. The van der Waals surface area contributed by atoms with Crippen LogP contribution in [0.2, 0.25) is 0 Å². The number of carbonyl (C=O) groups is 2. The van der Waals surface area contributed by atoms with Gasteiger partial charge in [0, 0.05) is 29.2 Å². The van der Waals surface area contributed by atoms with Crippen molar-refractivity contribution in [2.24, 2.45) is 0 Å². The van der Waals surface area contributed by atoms with E-state index in [1.165, 1.54) is 6.07 Å². The van der Waals surface area contributed by atoms with Crippen LogP contribution in [0.3, 0.4) is 0 Å². The van der Waals surface area contributed by atoms with E-state index in [9.17, 15) is 18.4 Å². The molecule has 9 heteroatoms. The van der Waals surface area contributed by atoms with Crippen molar-refractivity contribution in [3.05, 3.63) is 46.7 Å². The summed E-state index contributed by atoms with van der Waals surface area (Å²) >= 11 is 1.68. The molecule has 0 radical (unpaired) electrons. The Balaban J connectivity index is 1.73. The van der Waals surface area contributed by atoms with E-state index < -0.39 is 30.0 Å². The Kier molecular flexibility index (Phi) is 5.23. The molecule has 1 aromatic heterocycles. The number of benzene rings is 1. The van der Waals surface area contributed by atoms with Crippen LogP contribution in [0.25, 0.3) is 0 Å². The number of carbonyl (C=O) groups excluding carboxylic acids is 2. The van der Waals surface area contributed by atoms with Gasteiger partial charge in [-0.15, -0.1) is 0 Å². The first-order valence-corrected chi connectivity index (χ1v) is 9.55. The highest BCUT2D eigenvalue weighted by Gasteiger charge is 2.30. The van der Waals surface area contributed by atoms with E-state index >= 15 is 0 Å². The molecule has 2 heterocycles. The summed E-state index contributed by atoms with van der Waals surface area (Å²) in [5, 5.41) is 9.41. The monoisotopic (exact) mass is 394 g/mol. The van der Waals surface area contributed by atoms with Gasteiger partial charge >= 0.3 is 11.8 Å². The van der Waals surface area contributed by atoms with Gasteiger partial charge in [0.05, 0.1) is 11.2 Å². The third-order valence-corrected chi connectivity index (χ3v) is 5.08. The summed E-state index contributed by atoms with van der Waals surface area (Å²) in [6.07, 6.45) is 0. The second kappa shape index (κ2) is 7.30. The van der Waals surface area contributed by atoms with Crippen LogP contribution in [-0.4, -0.2) is 21.6 Å². The molecule has 0 aliphatic carbocycles.